The number of rotatable bonds is 3. The molecule has 1 saturated heterocycles. The van der Waals surface area contributed by atoms with Gasteiger partial charge in [0.25, 0.3) is 0 Å². The molecule has 124 valence electrons. The Bertz CT molecular complexity index is 612. The molecular formula is C19H26N2O2. The van der Waals surface area contributed by atoms with Crippen molar-refractivity contribution in [1.82, 2.24) is 9.80 Å². The van der Waals surface area contributed by atoms with Crippen molar-refractivity contribution >= 4 is 17.9 Å². The first-order chi connectivity index (χ1) is 10.9. The highest BCUT2D eigenvalue weighted by Crippen LogP contribution is 2.19. The molecule has 1 aromatic carbocycles. The summed E-state index contributed by atoms with van der Waals surface area (Å²) >= 11 is 0. The minimum atomic E-state index is 0.0285. The Kier molecular flexibility index (Phi) is 5.59. The Morgan fingerprint density at radius 1 is 1.17 bits per heavy atom. The van der Waals surface area contributed by atoms with E-state index in [1.165, 1.54) is 11.1 Å². The SMILES string of the molecule is Cc1ccc(/C=C/C(=O)N2CCC(C(=O)N(C)C)CC2)c(C)c1. The number of amides is 2. The summed E-state index contributed by atoms with van der Waals surface area (Å²) in [5, 5.41) is 0. The minimum Gasteiger partial charge on any atom is -0.349 e. The average Bonchev–Trinajstić information content (AvgIpc) is 2.53. The molecule has 2 amide bonds. The molecule has 1 aliphatic heterocycles. The Labute approximate surface area is 138 Å². The molecule has 0 unspecified atom stereocenters. The Morgan fingerprint density at radius 2 is 1.83 bits per heavy atom. The molecule has 0 aliphatic carbocycles. The second kappa shape index (κ2) is 7.44. The van der Waals surface area contributed by atoms with Crippen molar-refractivity contribution in [3.05, 3.63) is 41.0 Å². The maximum atomic E-state index is 12.3. The van der Waals surface area contributed by atoms with Crippen LogP contribution in [0.2, 0.25) is 0 Å². The highest BCUT2D eigenvalue weighted by Gasteiger charge is 2.27. The maximum Gasteiger partial charge on any atom is 0.246 e. The summed E-state index contributed by atoms with van der Waals surface area (Å²) in [4.78, 5) is 27.7. The van der Waals surface area contributed by atoms with E-state index in [2.05, 4.69) is 26.0 Å². The van der Waals surface area contributed by atoms with E-state index in [-0.39, 0.29) is 17.7 Å². The van der Waals surface area contributed by atoms with Crippen molar-refractivity contribution in [2.75, 3.05) is 27.2 Å². The van der Waals surface area contributed by atoms with Gasteiger partial charge in [-0.05, 0) is 43.9 Å². The van der Waals surface area contributed by atoms with Crippen LogP contribution in [0, 0.1) is 19.8 Å². The van der Waals surface area contributed by atoms with Crippen LogP contribution in [0.1, 0.15) is 29.5 Å². The molecule has 1 fully saturated rings. The van der Waals surface area contributed by atoms with Gasteiger partial charge in [0.2, 0.25) is 11.8 Å². The van der Waals surface area contributed by atoms with Crippen LogP contribution in [0.15, 0.2) is 24.3 Å². The molecule has 1 aromatic rings. The summed E-state index contributed by atoms with van der Waals surface area (Å²) in [5.74, 6) is 0.251. The molecule has 1 aliphatic rings. The highest BCUT2D eigenvalue weighted by atomic mass is 16.2. The van der Waals surface area contributed by atoms with Gasteiger partial charge in [-0.3, -0.25) is 9.59 Å². The fourth-order valence-corrected chi connectivity index (χ4v) is 2.99. The van der Waals surface area contributed by atoms with Gasteiger partial charge in [0.05, 0.1) is 0 Å². The van der Waals surface area contributed by atoms with E-state index in [4.69, 9.17) is 0 Å². The summed E-state index contributed by atoms with van der Waals surface area (Å²) in [7, 11) is 3.57. The first-order valence-corrected chi connectivity index (χ1v) is 8.14. The molecule has 0 radical (unpaired) electrons. The fraction of sp³-hybridized carbons (Fsp3) is 0.474. The number of benzene rings is 1. The van der Waals surface area contributed by atoms with E-state index < -0.39 is 0 Å². The normalized spacial score (nSPS) is 15.9. The van der Waals surface area contributed by atoms with Crippen LogP contribution in [-0.2, 0) is 9.59 Å². The van der Waals surface area contributed by atoms with Gasteiger partial charge >= 0.3 is 0 Å². The van der Waals surface area contributed by atoms with E-state index >= 15 is 0 Å². The fourth-order valence-electron chi connectivity index (χ4n) is 2.99. The van der Waals surface area contributed by atoms with Gasteiger partial charge < -0.3 is 9.80 Å². The van der Waals surface area contributed by atoms with Crippen molar-refractivity contribution in [2.45, 2.75) is 26.7 Å². The van der Waals surface area contributed by atoms with E-state index in [1.807, 2.05) is 17.0 Å². The number of hydrogen-bond acceptors (Lipinski definition) is 2. The van der Waals surface area contributed by atoms with Gasteiger partial charge in [0.1, 0.15) is 0 Å². The molecule has 23 heavy (non-hydrogen) atoms. The first-order valence-electron chi connectivity index (χ1n) is 8.14. The van der Waals surface area contributed by atoms with E-state index in [0.717, 1.165) is 18.4 Å². The lowest BCUT2D eigenvalue weighted by Crippen LogP contribution is -2.42. The highest BCUT2D eigenvalue weighted by molar-refractivity contribution is 5.92. The molecule has 0 atom stereocenters. The Hall–Kier alpha value is -2.10. The molecule has 0 N–H and O–H groups in total. The summed E-state index contributed by atoms with van der Waals surface area (Å²) in [6.07, 6.45) is 5.03. The van der Waals surface area contributed by atoms with Crippen LogP contribution < -0.4 is 0 Å². The quantitative estimate of drug-likeness (QED) is 0.805. The van der Waals surface area contributed by atoms with Crippen molar-refractivity contribution in [3.8, 4) is 0 Å². The summed E-state index contributed by atoms with van der Waals surface area (Å²) < 4.78 is 0. The number of carbonyl (C=O) groups is 2. The third-order valence-corrected chi connectivity index (χ3v) is 4.43. The van der Waals surface area contributed by atoms with Gasteiger partial charge in [-0.25, -0.2) is 0 Å². The molecule has 0 aromatic heterocycles. The van der Waals surface area contributed by atoms with Crippen LogP contribution >= 0.6 is 0 Å². The largest absolute Gasteiger partial charge is 0.349 e. The molecule has 0 bridgehead atoms. The molecule has 0 saturated carbocycles. The number of likely N-dealkylation sites (tertiary alicyclic amines) is 1. The molecule has 0 spiro atoms. The third-order valence-electron chi connectivity index (χ3n) is 4.43. The predicted molar refractivity (Wildman–Crippen MR) is 92.9 cm³/mol. The summed E-state index contributed by atoms with van der Waals surface area (Å²) in [6, 6.07) is 6.20. The number of hydrogen-bond donors (Lipinski definition) is 0. The lowest BCUT2D eigenvalue weighted by atomic mass is 9.95. The van der Waals surface area contributed by atoms with Gasteiger partial charge in [-0.15, -0.1) is 0 Å². The monoisotopic (exact) mass is 314 g/mol. The summed E-state index contributed by atoms with van der Waals surface area (Å²) in [5.41, 5.74) is 3.46. The van der Waals surface area contributed by atoms with E-state index in [0.29, 0.717) is 13.1 Å². The van der Waals surface area contributed by atoms with Crippen LogP contribution in [0.25, 0.3) is 6.08 Å². The van der Waals surface area contributed by atoms with Crippen LogP contribution in [0.5, 0.6) is 0 Å². The van der Waals surface area contributed by atoms with Crippen LogP contribution in [0.3, 0.4) is 0 Å². The average molecular weight is 314 g/mol. The minimum absolute atomic E-state index is 0.0285. The van der Waals surface area contributed by atoms with Crippen molar-refractivity contribution in [3.63, 3.8) is 0 Å². The topological polar surface area (TPSA) is 40.6 Å². The van der Waals surface area contributed by atoms with Gasteiger partial charge in [-0.2, -0.15) is 0 Å². The second-order valence-corrected chi connectivity index (χ2v) is 6.53. The standard InChI is InChI=1S/C19H26N2O2/c1-14-5-6-16(15(2)13-14)7-8-18(22)21-11-9-17(10-12-21)19(23)20(3)4/h5-8,13,17H,9-12H2,1-4H3/b8-7+. The number of carbonyl (C=O) groups excluding carboxylic acids is 2. The maximum absolute atomic E-state index is 12.3. The zero-order valence-electron chi connectivity index (χ0n) is 14.5. The van der Waals surface area contributed by atoms with Gasteiger partial charge in [-0.1, -0.05) is 23.8 Å². The first kappa shape index (κ1) is 17.3. The zero-order valence-corrected chi connectivity index (χ0v) is 14.5. The number of aryl methyl sites for hydroxylation is 2. The molecule has 4 heteroatoms. The third kappa shape index (κ3) is 4.44. The smallest absolute Gasteiger partial charge is 0.246 e. The van der Waals surface area contributed by atoms with Gasteiger partial charge in [0, 0.05) is 39.2 Å². The lowest BCUT2D eigenvalue weighted by Gasteiger charge is -2.31. The number of nitrogens with zero attached hydrogens (tertiary/aromatic N) is 2. The van der Waals surface area contributed by atoms with Gasteiger partial charge in [0.15, 0.2) is 0 Å². The molecule has 2 rings (SSSR count). The molecule has 1 heterocycles. The predicted octanol–water partition coefficient (Wildman–Crippen LogP) is 2.64. The van der Waals surface area contributed by atoms with Crippen molar-refractivity contribution in [1.29, 1.82) is 0 Å². The lowest BCUT2D eigenvalue weighted by molar-refractivity contribution is -0.137. The van der Waals surface area contributed by atoms with Crippen molar-refractivity contribution in [2.24, 2.45) is 5.92 Å². The van der Waals surface area contributed by atoms with Crippen LogP contribution in [0.4, 0.5) is 0 Å². The second-order valence-electron chi connectivity index (χ2n) is 6.53. The Balaban J connectivity index is 1.92. The Morgan fingerprint density at radius 3 is 2.39 bits per heavy atom. The van der Waals surface area contributed by atoms with E-state index in [1.54, 1.807) is 25.1 Å². The van der Waals surface area contributed by atoms with Crippen molar-refractivity contribution < 1.29 is 9.59 Å². The zero-order chi connectivity index (χ0) is 17.0. The molecular weight excluding hydrogens is 288 g/mol. The summed E-state index contributed by atoms with van der Waals surface area (Å²) in [6.45, 7) is 5.42. The van der Waals surface area contributed by atoms with E-state index in [9.17, 15) is 9.59 Å². The van der Waals surface area contributed by atoms with Crippen LogP contribution in [-0.4, -0.2) is 48.8 Å². The molecule has 4 nitrogen and oxygen atoms in total. The number of piperidine rings is 1.